The van der Waals surface area contributed by atoms with Gasteiger partial charge >= 0.3 is 5.97 Å². The van der Waals surface area contributed by atoms with Crippen LogP contribution in [0.25, 0.3) is 0 Å². The summed E-state index contributed by atoms with van der Waals surface area (Å²) in [6.45, 7) is 3.85. The molecule has 5 N–H and O–H groups in total. The number of hydrogen-bond donors (Lipinski definition) is 3. The molecule has 0 saturated heterocycles. The van der Waals surface area contributed by atoms with E-state index in [4.69, 9.17) is 25.8 Å². The topological polar surface area (TPSA) is 112 Å². The van der Waals surface area contributed by atoms with Gasteiger partial charge in [0.1, 0.15) is 11.9 Å². The minimum absolute atomic E-state index is 0.0119. The Morgan fingerprint density at radius 1 is 1.17 bits per heavy atom. The lowest BCUT2D eigenvalue weighted by molar-refractivity contribution is -0.139. The maximum atomic E-state index is 11.5. The van der Waals surface area contributed by atoms with Gasteiger partial charge in [0.15, 0.2) is 5.70 Å². The molecule has 1 fully saturated rings. The Hall–Kier alpha value is -2.45. The molecule has 0 heterocycles. The Balaban J connectivity index is 0.000000311. The van der Waals surface area contributed by atoms with Gasteiger partial charge < -0.3 is 30.3 Å². The van der Waals surface area contributed by atoms with Crippen molar-refractivity contribution in [2.24, 2.45) is 11.6 Å². The number of para-hydroxylation sites is 1. The van der Waals surface area contributed by atoms with Crippen LogP contribution >= 0.6 is 0 Å². The number of carbonyl (C=O) groups is 1. The minimum atomic E-state index is -0.594. The molecule has 0 unspecified atom stereocenters. The highest BCUT2D eigenvalue weighted by Crippen LogP contribution is 2.21. The summed E-state index contributed by atoms with van der Waals surface area (Å²) in [5.41, 5.74) is 7.92. The number of carbonyl (C=O) groups excluding carboxylic acids is 1. The molecule has 1 aromatic carbocycles. The van der Waals surface area contributed by atoms with E-state index in [-0.39, 0.29) is 24.3 Å². The Morgan fingerprint density at radius 2 is 1.83 bits per heavy atom. The SMILES string of the molecule is CCOC(=O)/C(NN)=C(/N)OC1CCCCC1.CN(C)CCCOc1ccccc1. The minimum Gasteiger partial charge on any atom is -0.494 e. The van der Waals surface area contributed by atoms with Crippen LogP contribution < -0.4 is 21.7 Å². The van der Waals surface area contributed by atoms with Crippen molar-refractivity contribution in [3.05, 3.63) is 41.9 Å². The summed E-state index contributed by atoms with van der Waals surface area (Å²) in [5.74, 6) is 5.62. The summed E-state index contributed by atoms with van der Waals surface area (Å²) >= 11 is 0. The van der Waals surface area contributed by atoms with Crippen LogP contribution in [0.15, 0.2) is 41.9 Å². The van der Waals surface area contributed by atoms with Gasteiger partial charge in [0.05, 0.1) is 13.2 Å². The van der Waals surface area contributed by atoms with E-state index in [2.05, 4.69) is 24.4 Å². The van der Waals surface area contributed by atoms with E-state index >= 15 is 0 Å². The molecule has 0 amide bonds. The second-order valence-corrected chi connectivity index (χ2v) is 7.30. The Morgan fingerprint density at radius 3 is 2.40 bits per heavy atom. The fourth-order valence-electron chi connectivity index (χ4n) is 2.94. The van der Waals surface area contributed by atoms with Crippen LogP contribution in [0.5, 0.6) is 5.75 Å². The fourth-order valence-corrected chi connectivity index (χ4v) is 2.94. The predicted molar refractivity (Wildman–Crippen MR) is 118 cm³/mol. The summed E-state index contributed by atoms with van der Waals surface area (Å²) in [4.78, 5) is 13.6. The number of ether oxygens (including phenoxy) is 3. The largest absolute Gasteiger partial charge is 0.494 e. The standard InChI is InChI=1S/C11H21N3O3.C11H17NO/c1-2-16-11(15)9(14-13)10(12)17-8-6-4-3-5-7-8;1-12(2)9-6-10-13-11-7-4-3-5-8-11/h8,14H,2-7,12-13H2,1H3;3-5,7-8H,6,9-10H2,1-2H3/b10-9+;. The summed E-state index contributed by atoms with van der Waals surface area (Å²) in [5, 5.41) is 0. The number of hydrogen-bond acceptors (Lipinski definition) is 8. The van der Waals surface area contributed by atoms with E-state index in [1.807, 2.05) is 30.3 Å². The van der Waals surface area contributed by atoms with E-state index in [1.54, 1.807) is 6.92 Å². The van der Waals surface area contributed by atoms with Gasteiger partial charge in [-0.2, -0.15) is 0 Å². The monoisotopic (exact) mass is 422 g/mol. The molecular formula is C22H38N4O4. The highest BCUT2D eigenvalue weighted by molar-refractivity contribution is 5.88. The van der Waals surface area contributed by atoms with Gasteiger partial charge in [-0.15, -0.1) is 0 Å². The van der Waals surface area contributed by atoms with Gasteiger partial charge in [-0.05, 0) is 65.3 Å². The normalized spacial score (nSPS) is 14.8. The Bertz CT molecular complexity index is 617. The van der Waals surface area contributed by atoms with Crippen LogP contribution in [0.1, 0.15) is 45.4 Å². The van der Waals surface area contributed by atoms with Crippen molar-refractivity contribution < 1.29 is 19.0 Å². The van der Waals surface area contributed by atoms with Gasteiger partial charge in [-0.3, -0.25) is 5.84 Å². The molecule has 30 heavy (non-hydrogen) atoms. The van der Waals surface area contributed by atoms with Crippen molar-refractivity contribution >= 4 is 5.97 Å². The third-order valence-electron chi connectivity index (χ3n) is 4.48. The Kier molecular flexibility index (Phi) is 13.1. The zero-order valence-electron chi connectivity index (χ0n) is 18.6. The lowest BCUT2D eigenvalue weighted by Crippen LogP contribution is -2.33. The van der Waals surface area contributed by atoms with Gasteiger partial charge in [0.25, 0.3) is 0 Å². The molecule has 0 atom stereocenters. The van der Waals surface area contributed by atoms with E-state index in [1.165, 1.54) is 6.42 Å². The lowest BCUT2D eigenvalue weighted by atomic mass is 9.98. The summed E-state index contributed by atoms with van der Waals surface area (Å²) in [7, 11) is 4.14. The van der Waals surface area contributed by atoms with Crippen LogP contribution in [0.4, 0.5) is 0 Å². The van der Waals surface area contributed by atoms with Crippen LogP contribution in [0, 0.1) is 0 Å². The quantitative estimate of drug-likeness (QED) is 0.132. The Labute approximate surface area is 180 Å². The first-order valence-corrected chi connectivity index (χ1v) is 10.6. The molecule has 1 aliphatic rings. The van der Waals surface area contributed by atoms with Gasteiger partial charge in [0, 0.05) is 6.54 Å². The van der Waals surface area contributed by atoms with Crippen LogP contribution in [0.2, 0.25) is 0 Å². The molecule has 1 aliphatic carbocycles. The number of hydrazine groups is 1. The predicted octanol–water partition coefficient (Wildman–Crippen LogP) is 2.51. The van der Waals surface area contributed by atoms with E-state index < -0.39 is 5.97 Å². The van der Waals surface area contributed by atoms with Crippen molar-refractivity contribution in [3.8, 4) is 5.75 Å². The van der Waals surface area contributed by atoms with Crippen LogP contribution in [0.3, 0.4) is 0 Å². The first kappa shape index (κ1) is 25.6. The molecule has 2 rings (SSSR count). The maximum absolute atomic E-state index is 11.5. The molecule has 8 nitrogen and oxygen atoms in total. The third kappa shape index (κ3) is 10.9. The number of nitrogens with one attached hydrogen (secondary N) is 1. The van der Waals surface area contributed by atoms with Crippen molar-refractivity contribution in [3.63, 3.8) is 0 Å². The van der Waals surface area contributed by atoms with Crippen molar-refractivity contribution in [2.45, 2.75) is 51.6 Å². The fraction of sp³-hybridized carbons (Fsp3) is 0.591. The smallest absolute Gasteiger partial charge is 0.361 e. The number of benzene rings is 1. The first-order valence-electron chi connectivity index (χ1n) is 10.6. The van der Waals surface area contributed by atoms with Crippen molar-refractivity contribution in [2.75, 3.05) is 33.9 Å². The molecular weight excluding hydrogens is 384 g/mol. The average Bonchev–Trinajstić information content (AvgIpc) is 2.74. The van der Waals surface area contributed by atoms with E-state index in [9.17, 15) is 4.79 Å². The molecule has 1 aromatic rings. The van der Waals surface area contributed by atoms with Gasteiger partial charge in [0.2, 0.25) is 5.88 Å². The molecule has 0 bridgehead atoms. The number of nitrogens with two attached hydrogens (primary N) is 2. The summed E-state index contributed by atoms with van der Waals surface area (Å²) < 4.78 is 15.9. The third-order valence-corrected chi connectivity index (χ3v) is 4.48. The van der Waals surface area contributed by atoms with Crippen molar-refractivity contribution in [1.29, 1.82) is 0 Å². The second kappa shape index (κ2) is 15.4. The molecule has 0 radical (unpaired) electrons. The summed E-state index contributed by atoms with van der Waals surface area (Å²) in [6.07, 6.45) is 6.54. The first-order chi connectivity index (χ1) is 14.5. The molecule has 0 spiro atoms. The van der Waals surface area contributed by atoms with Gasteiger partial charge in [-0.1, -0.05) is 24.6 Å². The van der Waals surface area contributed by atoms with E-state index in [0.29, 0.717) is 0 Å². The molecule has 0 aliphatic heterocycles. The average molecular weight is 423 g/mol. The number of rotatable bonds is 10. The molecule has 8 heteroatoms. The maximum Gasteiger partial charge on any atom is 0.361 e. The zero-order chi connectivity index (χ0) is 22.2. The number of esters is 1. The van der Waals surface area contributed by atoms with E-state index in [0.717, 1.165) is 51.0 Å². The summed E-state index contributed by atoms with van der Waals surface area (Å²) in [6, 6.07) is 9.93. The highest BCUT2D eigenvalue weighted by Gasteiger charge is 2.20. The zero-order valence-corrected chi connectivity index (χ0v) is 18.6. The molecule has 1 saturated carbocycles. The highest BCUT2D eigenvalue weighted by atomic mass is 16.5. The van der Waals surface area contributed by atoms with Crippen LogP contribution in [-0.2, 0) is 14.3 Å². The van der Waals surface area contributed by atoms with Gasteiger partial charge in [-0.25, -0.2) is 4.79 Å². The molecule has 0 aromatic heterocycles. The molecule has 170 valence electrons. The van der Waals surface area contributed by atoms with Crippen molar-refractivity contribution in [1.82, 2.24) is 10.3 Å². The lowest BCUT2D eigenvalue weighted by Gasteiger charge is -2.23. The number of nitrogens with zero attached hydrogens (tertiary/aromatic N) is 1. The van der Waals surface area contributed by atoms with Crippen LogP contribution in [-0.4, -0.2) is 50.8 Å². The second-order valence-electron chi connectivity index (χ2n) is 7.30.